The predicted octanol–water partition coefficient (Wildman–Crippen LogP) is 3.65. The number of alkyl halides is 2. The second-order valence-corrected chi connectivity index (χ2v) is 3.77. The maximum Gasteiger partial charge on any atom is 0.289 e. The first-order valence-electron chi connectivity index (χ1n) is 5.11. The minimum Gasteiger partial charge on any atom is -0.375 e. The van der Waals surface area contributed by atoms with Crippen LogP contribution < -0.4 is 0 Å². The molecule has 0 radical (unpaired) electrons. The Morgan fingerprint density at radius 3 is 2.50 bits per heavy atom. The van der Waals surface area contributed by atoms with Crippen LogP contribution in [0.4, 0.5) is 8.78 Å². The monoisotopic (exact) mass is 206 g/mol. The number of ether oxygens (including phenoxy) is 1. The first kappa shape index (κ1) is 13.6. The van der Waals surface area contributed by atoms with Gasteiger partial charge in [-0.1, -0.05) is 19.9 Å². The second-order valence-electron chi connectivity index (χ2n) is 3.77. The highest BCUT2D eigenvalue weighted by Gasteiger charge is 2.24. The largest absolute Gasteiger partial charge is 0.375 e. The van der Waals surface area contributed by atoms with E-state index in [1.165, 1.54) is 0 Å². The summed E-state index contributed by atoms with van der Waals surface area (Å²) in [7, 11) is 0. The topological polar surface area (TPSA) is 9.23 Å². The molecule has 0 N–H and O–H groups in total. The van der Waals surface area contributed by atoms with Gasteiger partial charge in [0.05, 0.1) is 0 Å². The van der Waals surface area contributed by atoms with E-state index in [9.17, 15) is 8.78 Å². The standard InChI is InChI=1S/C11H20F2O/c1-4-14-9-11(12,13)8-6-5-7-10(2)3/h6,8,10H,4-5,7,9H2,1-3H3/b8-6+. The summed E-state index contributed by atoms with van der Waals surface area (Å²) < 4.78 is 30.5. The quantitative estimate of drug-likeness (QED) is 0.578. The molecule has 0 aromatic carbocycles. The van der Waals surface area contributed by atoms with Gasteiger partial charge in [0.2, 0.25) is 0 Å². The van der Waals surface area contributed by atoms with E-state index in [1.807, 2.05) is 0 Å². The van der Waals surface area contributed by atoms with Crippen LogP contribution in [0, 0.1) is 5.92 Å². The van der Waals surface area contributed by atoms with Gasteiger partial charge in [-0.15, -0.1) is 0 Å². The fraction of sp³-hybridized carbons (Fsp3) is 0.818. The zero-order valence-corrected chi connectivity index (χ0v) is 9.22. The van der Waals surface area contributed by atoms with Crippen LogP contribution in [0.5, 0.6) is 0 Å². The van der Waals surface area contributed by atoms with E-state index in [0.29, 0.717) is 18.9 Å². The summed E-state index contributed by atoms with van der Waals surface area (Å²) in [5.74, 6) is -2.26. The fourth-order valence-electron chi connectivity index (χ4n) is 0.972. The average Bonchev–Trinajstić information content (AvgIpc) is 2.09. The van der Waals surface area contributed by atoms with Gasteiger partial charge in [-0.25, -0.2) is 0 Å². The first-order chi connectivity index (χ1) is 6.48. The number of halogens is 2. The summed E-state index contributed by atoms with van der Waals surface area (Å²) in [5.41, 5.74) is 0. The Morgan fingerprint density at radius 1 is 1.36 bits per heavy atom. The van der Waals surface area contributed by atoms with E-state index in [1.54, 1.807) is 13.0 Å². The summed E-state index contributed by atoms with van der Waals surface area (Å²) in [5, 5.41) is 0. The van der Waals surface area contributed by atoms with E-state index in [2.05, 4.69) is 18.6 Å². The lowest BCUT2D eigenvalue weighted by Gasteiger charge is -2.11. The molecular formula is C11H20F2O. The molecule has 0 aliphatic heterocycles. The van der Waals surface area contributed by atoms with Crippen LogP contribution in [0.3, 0.4) is 0 Å². The lowest BCUT2D eigenvalue weighted by atomic mass is 10.1. The second kappa shape index (κ2) is 6.93. The molecule has 1 nitrogen and oxygen atoms in total. The fourth-order valence-corrected chi connectivity index (χ4v) is 0.972. The number of allylic oxidation sites excluding steroid dienone is 1. The van der Waals surface area contributed by atoms with Gasteiger partial charge >= 0.3 is 0 Å². The van der Waals surface area contributed by atoms with Crippen LogP contribution in [-0.2, 0) is 4.74 Å². The Bertz CT molecular complexity index is 165. The molecule has 14 heavy (non-hydrogen) atoms. The molecule has 0 aromatic heterocycles. The zero-order valence-electron chi connectivity index (χ0n) is 9.22. The molecule has 0 saturated heterocycles. The normalized spacial score (nSPS) is 13.0. The molecule has 0 saturated carbocycles. The Morgan fingerprint density at radius 2 is 2.00 bits per heavy atom. The molecule has 0 aliphatic rings. The van der Waals surface area contributed by atoms with Gasteiger partial charge in [-0.05, 0) is 31.8 Å². The van der Waals surface area contributed by atoms with Gasteiger partial charge in [0.25, 0.3) is 5.92 Å². The van der Waals surface area contributed by atoms with Crippen LogP contribution in [0.25, 0.3) is 0 Å². The molecule has 0 amide bonds. The van der Waals surface area contributed by atoms with Crippen molar-refractivity contribution in [2.75, 3.05) is 13.2 Å². The molecule has 0 heterocycles. The van der Waals surface area contributed by atoms with Gasteiger partial charge in [0.15, 0.2) is 0 Å². The summed E-state index contributed by atoms with van der Waals surface area (Å²) in [6.07, 6.45) is 4.14. The van der Waals surface area contributed by atoms with Crippen molar-refractivity contribution in [2.24, 2.45) is 5.92 Å². The van der Waals surface area contributed by atoms with Crippen molar-refractivity contribution in [3.63, 3.8) is 0 Å². The van der Waals surface area contributed by atoms with Crippen molar-refractivity contribution >= 4 is 0 Å². The Labute approximate surface area is 85.1 Å². The van der Waals surface area contributed by atoms with E-state index >= 15 is 0 Å². The van der Waals surface area contributed by atoms with Crippen molar-refractivity contribution in [3.05, 3.63) is 12.2 Å². The molecule has 0 spiro atoms. The van der Waals surface area contributed by atoms with Crippen LogP contribution in [0.2, 0.25) is 0 Å². The molecule has 0 fully saturated rings. The summed E-state index contributed by atoms with van der Waals surface area (Å²) in [6, 6.07) is 0. The minimum absolute atomic E-state index is 0.329. The minimum atomic E-state index is -2.81. The molecule has 0 atom stereocenters. The van der Waals surface area contributed by atoms with Gasteiger partial charge in [-0.2, -0.15) is 8.78 Å². The summed E-state index contributed by atoms with van der Waals surface area (Å²) in [4.78, 5) is 0. The van der Waals surface area contributed by atoms with Crippen molar-refractivity contribution in [1.82, 2.24) is 0 Å². The average molecular weight is 206 g/mol. The highest BCUT2D eigenvalue weighted by molar-refractivity contribution is 4.94. The maximum atomic E-state index is 12.9. The van der Waals surface area contributed by atoms with E-state index in [0.717, 1.165) is 12.5 Å². The molecule has 3 heteroatoms. The van der Waals surface area contributed by atoms with Gasteiger partial charge in [0.1, 0.15) is 6.61 Å². The van der Waals surface area contributed by atoms with E-state index < -0.39 is 12.5 Å². The summed E-state index contributed by atoms with van der Waals surface area (Å²) >= 11 is 0. The Hall–Kier alpha value is -0.440. The van der Waals surface area contributed by atoms with Crippen LogP contribution in [0.1, 0.15) is 33.6 Å². The Kier molecular flexibility index (Phi) is 6.71. The van der Waals surface area contributed by atoms with Gasteiger partial charge in [-0.3, -0.25) is 0 Å². The molecule has 0 aliphatic carbocycles. The SMILES string of the molecule is CCOCC(F)(F)/C=C/CCC(C)C. The smallest absolute Gasteiger partial charge is 0.289 e. The van der Waals surface area contributed by atoms with Crippen LogP contribution in [0.15, 0.2) is 12.2 Å². The third-order valence-corrected chi connectivity index (χ3v) is 1.77. The molecule has 0 rings (SSSR count). The van der Waals surface area contributed by atoms with Crippen molar-refractivity contribution < 1.29 is 13.5 Å². The van der Waals surface area contributed by atoms with Gasteiger partial charge < -0.3 is 4.74 Å². The van der Waals surface area contributed by atoms with Crippen molar-refractivity contribution in [2.45, 2.75) is 39.5 Å². The van der Waals surface area contributed by atoms with Crippen molar-refractivity contribution in [1.29, 1.82) is 0 Å². The van der Waals surface area contributed by atoms with Crippen LogP contribution in [-0.4, -0.2) is 19.1 Å². The van der Waals surface area contributed by atoms with Crippen LogP contribution >= 0.6 is 0 Å². The molecular weight excluding hydrogens is 186 g/mol. The Balaban J connectivity index is 3.71. The van der Waals surface area contributed by atoms with Gasteiger partial charge in [0, 0.05) is 6.61 Å². The number of hydrogen-bond donors (Lipinski definition) is 0. The third-order valence-electron chi connectivity index (χ3n) is 1.77. The number of rotatable bonds is 7. The first-order valence-corrected chi connectivity index (χ1v) is 5.11. The molecule has 84 valence electrons. The number of hydrogen-bond acceptors (Lipinski definition) is 1. The molecule has 0 bridgehead atoms. The zero-order chi connectivity index (χ0) is 11.0. The maximum absolute atomic E-state index is 12.9. The molecule has 0 aromatic rings. The van der Waals surface area contributed by atoms with Crippen molar-refractivity contribution in [3.8, 4) is 0 Å². The van der Waals surface area contributed by atoms with E-state index in [-0.39, 0.29) is 0 Å². The highest BCUT2D eigenvalue weighted by atomic mass is 19.3. The highest BCUT2D eigenvalue weighted by Crippen LogP contribution is 2.16. The lowest BCUT2D eigenvalue weighted by molar-refractivity contribution is -0.0367. The lowest BCUT2D eigenvalue weighted by Crippen LogP contribution is -2.20. The third kappa shape index (κ3) is 8.17. The predicted molar refractivity (Wildman–Crippen MR) is 54.7 cm³/mol. The summed E-state index contributed by atoms with van der Waals surface area (Å²) in [6.45, 7) is 5.67. The molecule has 0 unspecified atom stereocenters. The van der Waals surface area contributed by atoms with E-state index in [4.69, 9.17) is 0 Å².